The third kappa shape index (κ3) is 3.69. The largest absolute Gasteiger partial charge is 0.339 e. The molecule has 0 radical (unpaired) electrons. The minimum atomic E-state index is -0.422. The van der Waals surface area contributed by atoms with Gasteiger partial charge in [0.1, 0.15) is 5.82 Å². The van der Waals surface area contributed by atoms with E-state index in [9.17, 15) is 14.0 Å². The molecule has 0 aromatic heterocycles. The van der Waals surface area contributed by atoms with Gasteiger partial charge in [0.05, 0.1) is 0 Å². The molecule has 2 amide bonds. The SMILES string of the molecule is O=C(c1cccc(F)c1)N1CCN(C(=O)C2CC2c2ccccc2Cl)CC1. The molecule has 4 nitrogen and oxygen atoms in total. The molecule has 2 aliphatic rings. The predicted molar refractivity (Wildman–Crippen MR) is 101 cm³/mol. The van der Waals surface area contributed by atoms with Crippen molar-refractivity contribution in [3.05, 3.63) is 70.5 Å². The van der Waals surface area contributed by atoms with E-state index < -0.39 is 5.82 Å². The van der Waals surface area contributed by atoms with Crippen LogP contribution in [-0.2, 0) is 4.79 Å². The fourth-order valence-electron chi connectivity index (χ4n) is 3.76. The van der Waals surface area contributed by atoms with Gasteiger partial charge in [-0.2, -0.15) is 0 Å². The van der Waals surface area contributed by atoms with Crippen molar-refractivity contribution < 1.29 is 14.0 Å². The van der Waals surface area contributed by atoms with Crippen LogP contribution < -0.4 is 0 Å². The Morgan fingerprint density at radius 1 is 0.963 bits per heavy atom. The molecule has 1 aliphatic carbocycles. The van der Waals surface area contributed by atoms with Crippen LogP contribution in [0.5, 0.6) is 0 Å². The second-order valence-electron chi connectivity index (χ2n) is 7.10. The van der Waals surface area contributed by atoms with Crippen LogP contribution in [0.2, 0.25) is 5.02 Å². The molecular weight excluding hydrogens is 367 g/mol. The molecule has 2 unspecified atom stereocenters. The van der Waals surface area contributed by atoms with E-state index >= 15 is 0 Å². The number of halogens is 2. The average molecular weight is 387 g/mol. The first kappa shape index (κ1) is 18.0. The fourth-order valence-corrected chi connectivity index (χ4v) is 4.03. The van der Waals surface area contributed by atoms with E-state index in [0.29, 0.717) is 36.8 Å². The molecule has 6 heteroatoms. The third-order valence-corrected chi connectivity index (χ3v) is 5.71. The average Bonchev–Trinajstić information content (AvgIpc) is 3.48. The maximum absolute atomic E-state index is 13.3. The van der Waals surface area contributed by atoms with Gasteiger partial charge in [-0.3, -0.25) is 9.59 Å². The number of hydrogen-bond donors (Lipinski definition) is 0. The van der Waals surface area contributed by atoms with Gasteiger partial charge in [-0.25, -0.2) is 4.39 Å². The van der Waals surface area contributed by atoms with Crippen LogP contribution in [0.4, 0.5) is 4.39 Å². The summed E-state index contributed by atoms with van der Waals surface area (Å²) in [6, 6.07) is 13.4. The number of benzene rings is 2. The fraction of sp³-hybridized carbons (Fsp3) is 0.333. The van der Waals surface area contributed by atoms with E-state index in [0.717, 1.165) is 12.0 Å². The number of carbonyl (C=O) groups is 2. The standard InChI is InChI=1S/C21H20ClFN2O2/c22-19-7-2-1-6-16(19)17-13-18(17)21(27)25-10-8-24(9-11-25)20(26)14-4-3-5-15(23)12-14/h1-7,12,17-18H,8-11,13H2. The summed E-state index contributed by atoms with van der Waals surface area (Å²) >= 11 is 6.24. The minimum absolute atomic E-state index is 0.0182. The zero-order valence-electron chi connectivity index (χ0n) is 14.8. The smallest absolute Gasteiger partial charge is 0.254 e. The highest BCUT2D eigenvalue weighted by molar-refractivity contribution is 6.31. The third-order valence-electron chi connectivity index (χ3n) is 5.36. The number of carbonyl (C=O) groups excluding carboxylic acids is 2. The van der Waals surface area contributed by atoms with Crippen molar-refractivity contribution >= 4 is 23.4 Å². The Labute approximate surface area is 162 Å². The van der Waals surface area contributed by atoms with Crippen molar-refractivity contribution in [3.63, 3.8) is 0 Å². The molecule has 1 saturated heterocycles. The Kier molecular flexibility index (Phi) is 4.87. The zero-order valence-corrected chi connectivity index (χ0v) is 15.5. The van der Waals surface area contributed by atoms with Gasteiger partial charge in [0.2, 0.25) is 5.91 Å². The van der Waals surface area contributed by atoms with Crippen molar-refractivity contribution in [2.75, 3.05) is 26.2 Å². The molecule has 2 aromatic rings. The van der Waals surface area contributed by atoms with Crippen LogP contribution in [0.15, 0.2) is 48.5 Å². The number of piperazine rings is 1. The lowest BCUT2D eigenvalue weighted by molar-refractivity contribution is -0.134. The summed E-state index contributed by atoms with van der Waals surface area (Å²) in [6.07, 6.45) is 0.824. The van der Waals surface area contributed by atoms with E-state index in [4.69, 9.17) is 11.6 Å². The summed E-state index contributed by atoms with van der Waals surface area (Å²) in [4.78, 5) is 28.8. The van der Waals surface area contributed by atoms with E-state index in [-0.39, 0.29) is 23.7 Å². The summed E-state index contributed by atoms with van der Waals surface area (Å²) in [6.45, 7) is 1.94. The molecule has 0 bridgehead atoms. The Bertz CT molecular complexity index is 880. The molecular formula is C21H20ClFN2O2. The highest BCUT2D eigenvalue weighted by Crippen LogP contribution is 2.50. The first-order valence-electron chi connectivity index (χ1n) is 9.12. The summed E-state index contributed by atoms with van der Waals surface area (Å²) < 4.78 is 13.3. The maximum atomic E-state index is 13.3. The first-order valence-corrected chi connectivity index (χ1v) is 9.50. The Morgan fingerprint density at radius 3 is 2.37 bits per heavy atom. The van der Waals surface area contributed by atoms with Gasteiger partial charge >= 0.3 is 0 Å². The lowest BCUT2D eigenvalue weighted by Gasteiger charge is -2.35. The second-order valence-corrected chi connectivity index (χ2v) is 7.51. The number of nitrogens with zero attached hydrogens (tertiary/aromatic N) is 2. The monoisotopic (exact) mass is 386 g/mol. The molecule has 2 atom stereocenters. The van der Waals surface area contributed by atoms with Crippen LogP contribution >= 0.6 is 11.6 Å². The summed E-state index contributed by atoms with van der Waals surface area (Å²) in [5, 5.41) is 0.711. The van der Waals surface area contributed by atoms with Gasteiger partial charge in [-0.15, -0.1) is 0 Å². The lowest BCUT2D eigenvalue weighted by atomic mass is 10.1. The zero-order chi connectivity index (χ0) is 19.0. The second kappa shape index (κ2) is 7.31. The van der Waals surface area contributed by atoms with Crippen LogP contribution in [0.1, 0.15) is 28.3 Å². The maximum Gasteiger partial charge on any atom is 0.254 e. The quantitative estimate of drug-likeness (QED) is 0.809. The predicted octanol–water partition coefficient (Wildman–Crippen LogP) is 3.57. The van der Waals surface area contributed by atoms with Crippen molar-refractivity contribution in [1.82, 2.24) is 9.80 Å². The molecule has 2 fully saturated rings. The molecule has 140 valence electrons. The molecule has 1 heterocycles. The normalized spacial score (nSPS) is 21.9. The first-order chi connectivity index (χ1) is 13.0. The molecule has 2 aromatic carbocycles. The minimum Gasteiger partial charge on any atom is -0.339 e. The highest BCUT2D eigenvalue weighted by atomic mass is 35.5. The summed E-state index contributed by atoms with van der Waals surface area (Å²) in [5.41, 5.74) is 1.38. The lowest BCUT2D eigenvalue weighted by Crippen LogP contribution is -2.51. The number of amides is 2. The number of rotatable bonds is 3. The van der Waals surface area contributed by atoms with E-state index in [1.807, 2.05) is 29.2 Å². The van der Waals surface area contributed by atoms with Crippen molar-refractivity contribution in [1.29, 1.82) is 0 Å². The van der Waals surface area contributed by atoms with E-state index in [1.165, 1.54) is 18.2 Å². The van der Waals surface area contributed by atoms with Crippen molar-refractivity contribution in [2.45, 2.75) is 12.3 Å². The van der Waals surface area contributed by atoms with E-state index in [1.54, 1.807) is 11.0 Å². The van der Waals surface area contributed by atoms with Gasteiger partial charge in [-0.1, -0.05) is 35.9 Å². The number of hydrogen-bond acceptors (Lipinski definition) is 2. The molecule has 0 N–H and O–H groups in total. The Morgan fingerprint density at radius 2 is 1.67 bits per heavy atom. The Hall–Kier alpha value is -2.40. The van der Waals surface area contributed by atoms with Gasteiger partial charge in [0.25, 0.3) is 5.91 Å². The van der Waals surface area contributed by atoms with Crippen LogP contribution in [0.3, 0.4) is 0 Å². The van der Waals surface area contributed by atoms with Crippen molar-refractivity contribution in [3.8, 4) is 0 Å². The topological polar surface area (TPSA) is 40.6 Å². The molecule has 1 saturated carbocycles. The summed E-state index contributed by atoms with van der Waals surface area (Å²) in [7, 11) is 0. The van der Waals surface area contributed by atoms with Crippen LogP contribution in [0.25, 0.3) is 0 Å². The highest BCUT2D eigenvalue weighted by Gasteiger charge is 2.46. The van der Waals surface area contributed by atoms with Gasteiger partial charge in [-0.05, 0) is 42.2 Å². The van der Waals surface area contributed by atoms with E-state index in [2.05, 4.69) is 0 Å². The van der Waals surface area contributed by atoms with Crippen LogP contribution in [-0.4, -0.2) is 47.8 Å². The van der Waals surface area contributed by atoms with Crippen molar-refractivity contribution in [2.24, 2.45) is 5.92 Å². The van der Waals surface area contributed by atoms with Gasteiger partial charge in [0, 0.05) is 42.7 Å². The van der Waals surface area contributed by atoms with Gasteiger partial charge < -0.3 is 9.80 Å². The van der Waals surface area contributed by atoms with Crippen LogP contribution in [0, 0.1) is 11.7 Å². The van der Waals surface area contributed by atoms with Gasteiger partial charge in [0.15, 0.2) is 0 Å². The molecule has 4 rings (SSSR count). The molecule has 27 heavy (non-hydrogen) atoms. The molecule has 0 spiro atoms. The Balaban J connectivity index is 1.34. The molecule has 1 aliphatic heterocycles. The summed E-state index contributed by atoms with van der Waals surface area (Å²) in [5.74, 6) is -0.303.